The number of aliphatic hydroxyl groups is 1. The van der Waals surface area contributed by atoms with Gasteiger partial charge >= 0.3 is 0 Å². The van der Waals surface area contributed by atoms with E-state index in [0.717, 1.165) is 45.9 Å². The fourth-order valence-electron chi connectivity index (χ4n) is 2.49. The zero-order chi connectivity index (χ0) is 13.5. The molecule has 0 saturated carbocycles. The van der Waals surface area contributed by atoms with Crippen LogP contribution in [0.5, 0.6) is 0 Å². The summed E-state index contributed by atoms with van der Waals surface area (Å²) in [5.74, 6) is 0. The summed E-state index contributed by atoms with van der Waals surface area (Å²) in [5.41, 5.74) is 2.64. The largest absolute Gasteiger partial charge is 0.395 e. The quantitative estimate of drug-likeness (QED) is 0.841. The van der Waals surface area contributed by atoms with Crippen molar-refractivity contribution >= 4 is 5.69 Å². The van der Waals surface area contributed by atoms with Crippen molar-refractivity contribution in [1.29, 1.82) is 0 Å². The average Bonchev–Trinajstić information content (AvgIpc) is 2.48. The molecule has 1 aromatic rings. The first-order chi connectivity index (χ1) is 9.35. The summed E-state index contributed by atoms with van der Waals surface area (Å²) in [6, 6.07) is 8.56. The topological polar surface area (TPSA) is 35.9 Å². The predicted molar refractivity (Wildman–Crippen MR) is 77.5 cm³/mol. The highest BCUT2D eigenvalue weighted by Crippen LogP contribution is 2.22. The molecular weight excluding hydrogens is 240 g/mol. The number of aliphatic hydroxyl groups excluding tert-OH is 1. The van der Waals surface area contributed by atoms with Gasteiger partial charge in [-0.05, 0) is 18.2 Å². The van der Waals surface area contributed by atoms with E-state index in [1.165, 1.54) is 11.3 Å². The Morgan fingerprint density at radius 2 is 2.00 bits per heavy atom. The first-order valence-electron chi connectivity index (χ1n) is 7.09. The fraction of sp³-hybridized carbons (Fsp3) is 0.600. The van der Waals surface area contributed by atoms with Crippen molar-refractivity contribution in [2.75, 3.05) is 50.9 Å². The van der Waals surface area contributed by atoms with Crippen LogP contribution < -0.4 is 4.90 Å². The van der Waals surface area contributed by atoms with E-state index in [1.807, 2.05) is 0 Å². The van der Waals surface area contributed by atoms with Gasteiger partial charge in [0.15, 0.2) is 0 Å². The van der Waals surface area contributed by atoms with Crippen molar-refractivity contribution in [2.24, 2.45) is 0 Å². The van der Waals surface area contributed by atoms with E-state index in [4.69, 9.17) is 9.84 Å². The lowest BCUT2D eigenvalue weighted by molar-refractivity contribution is 0.122. The van der Waals surface area contributed by atoms with Crippen molar-refractivity contribution in [3.63, 3.8) is 0 Å². The number of morpholine rings is 1. The van der Waals surface area contributed by atoms with Crippen LogP contribution >= 0.6 is 0 Å². The first-order valence-corrected chi connectivity index (χ1v) is 7.09. The van der Waals surface area contributed by atoms with Crippen LogP contribution in [0.1, 0.15) is 12.5 Å². The van der Waals surface area contributed by atoms with Gasteiger partial charge in [0.25, 0.3) is 0 Å². The van der Waals surface area contributed by atoms with Crippen molar-refractivity contribution in [2.45, 2.75) is 13.5 Å². The van der Waals surface area contributed by atoms with Crippen LogP contribution in [0.4, 0.5) is 5.69 Å². The Balaban J connectivity index is 2.10. The molecule has 0 atom stereocenters. The van der Waals surface area contributed by atoms with Gasteiger partial charge in [-0.25, -0.2) is 0 Å². The van der Waals surface area contributed by atoms with E-state index >= 15 is 0 Å². The highest BCUT2D eigenvalue weighted by Gasteiger charge is 2.15. The minimum absolute atomic E-state index is 0.216. The number of benzene rings is 1. The zero-order valence-electron chi connectivity index (χ0n) is 11.7. The van der Waals surface area contributed by atoms with Crippen molar-refractivity contribution in [1.82, 2.24) is 4.90 Å². The molecule has 1 aliphatic heterocycles. The van der Waals surface area contributed by atoms with Gasteiger partial charge in [-0.3, -0.25) is 4.90 Å². The zero-order valence-corrected chi connectivity index (χ0v) is 11.7. The van der Waals surface area contributed by atoms with Crippen LogP contribution in [0.15, 0.2) is 24.3 Å². The van der Waals surface area contributed by atoms with E-state index in [9.17, 15) is 0 Å². The van der Waals surface area contributed by atoms with Gasteiger partial charge in [0.05, 0.1) is 19.8 Å². The highest BCUT2D eigenvalue weighted by atomic mass is 16.5. The molecular formula is C15H24N2O2. The van der Waals surface area contributed by atoms with Gasteiger partial charge < -0.3 is 14.7 Å². The summed E-state index contributed by atoms with van der Waals surface area (Å²) < 4.78 is 5.42. The summed E-state index contributed by atoms with van der Waals surface area (Å²) >= 11 is 0. The number of hydrogen-bond acceptors (Lipinski definition) is 4. The third-order valence-electron chi connectivity index (χ3n) is 3.60. The predicted octanol–water partition coefficient (Wildman–Crippen LogP) is 1.34. The third kappa shape index (κ3) is 3.93. The highest BCUT2D eigenvalue weighted by molar-refractivity contribution is 5.53. The van der Waals surface area contributed by atoms with Crippen LogP contribution in [0.2, 0.25) is 0 Å². The molecule has 1 aromatic carbocycles. The Kier molecular flexibility index (Phi) is 5.63. The van der Waals surface area contributed by atoms with Gasteiger partial charge in [0.2, 0.25) is 0 Å². The lowest BCUT2D eigenvalue weighted by Gasteiger charge is -2.31. The molecule has 0 unspecified atom stereocenters. The van der Waals surface area contributed by atoms with Crippen LogP contribution in [0.3, 0.4) is 0 Å². The maximum Gasteiger partial charge on any atom is 0.0642 e. The van der Waals surface area contributed by atoms with Gasteiger partial charge in [-0.1, -0.05) is 25.1 Å². The normalized spacial score (nSPS) is 16.1. The number of hydrogen-bond donors (Lipinski definition) is 1. The molecule has 0 aromatic heterocycles. The summed E-state index contributed by atoms with van der Waals surface area (Å²) in [5, 5.41) is 9.10. The van der Waals surface area contributed by atoms with Crippen LogP contribution in [0, 0.1) is 0 Å². The molecule has 2 rings (SSSR count). The molecule has 0 amide bonds. The number of likely N-dealkylation sites (N-methyl/N-ethyl adjacent to an activating group) is 1. The van der Waals surface area contributed by atoms with E-state index in [0.29, 0.717) is 0 Å². The number of anilines is 1. The molecule has 4 heteroatoms. The second kappa shape index (κ2) is 7.48. The van der Waals surface area contributed by atoms with Crippen LogP contribution in [-0.4, -0.2) is 56.0 Å². The Labute approximate surface area is 115 Å². The van der Waals surface area contributed by atoms with E-state index in [2.05, 4.69) is 41.0 Å². The molecule has 0 radical (unpaired) electrons. The molecule has 1 saturated heterocycles. The lowest BCUT2D eigenvalue weighted by Crippen LogP contribution is -2.37. The Morgan fingerprint density at radius 1 is 1.26 bits per heavy atom. The summed E-state index contributed by atoms with van der Waals surface area (Å²) in [6.45, 7) is 8.47. The van der Waals surface area contributed by atoms with E-state index in [-0.39, 0.29) is 6.61 Å². The van der Waals surface area contributed by atoms with Gasteiger partial charge in [0.1, 0.15) is 0 Å². The van der Waals surface area contributed by atoms with Crippen molar-refractivity contribution in [3.05, 3.63) is 29.8 Å². The smallest absolute Gasteiger partial charge is 0.0642 e. The number of nitrogens with zero attached hydrogens (tertiary/aromatic N) is 2. The van der Waals surface area contributed by atoms with Gasteiger partial charge in [-0.2, -0.15) is 0 Å². The number of para-hydroxylation sites is 1. The molecule has 106 valence electrons. The average molecular weight is 264 g/mol. The van der Waals surface area contributed by atoms with E-state index in [1.54, 1.807) is 0 Å². The fourth-order valence-corrected chi connectivity index (χ4v) is 2.49. The number of ether oxygens (including phenoxy) is 1. The van der Waals surface area contributed by atoms with Gasteiger partial charge in [-0.15, -0.1) is 0 Å². The van der Waals surface area contributed by atoms with Crippen LogP contribution in [-0.2, 0) is 11.3 Å². The maximum absolute atomic E-state index is 9.10. The molecule has 0 bridgehead atoms. The lowest BCUT2D eigenvalue weighted by atomic mass is 10.1. The molecule has 4 nitrogen and oxygen atoms in total. The second-order valence-electron chi connectivity index (χ2n) is 4.82. The summed E-state index contributed by atoms with van der Waals surface area (Å²) in [6.07, 6.45) is 0. The second-order valence-corrected chi connectivity index (χ2v) is 4.82. The summed E-state index contributed by atoms with van der Waals surface area (Å²) in [4.78, 5) is 4.66. The molecule has 1 fully saturated rings. The van der Waals surface area contributed by atoms with E-state index < -0.39 is 0 Å². The van der Waals surface area contributed by atoms with Crippen molar-refractivity contribution in [3.8, 4) is 0 Å². The minimum Gasteiger partial charge on any atom is -0.395 e. The first kappa shape index (κ1) is 14.3. The van der Waals surface area contributed by atoms with Crippen LogP contribution in [0.25, 0.3) is 0 Å². The Hall–Kier alpha value is -1.10. The third-order valence-corrected chi connectivity index (χ3v) is 3.60. The molecule has 1 N–H and O–H groups in total. The Morgan fingerprint density at radius 3 is 2.68 bits per heavy atom. The van der Waals surface area contributed by atoms with Gasteiger partial charge in [0, 0.05) is 31.9 Å². The molecule has 1 aliphatic rings. The maximum atomic E-state index is 9.10. The molecule has 1 heterocycles. The SMILES string of the molecule is CCN(CCO)Cc1ccccc1N1CCOCC1. The number of rotatable bonds is 6. The molecule has 19 heavy (non-hydrogen) atoms. The van der Waals surface area contributed by atoms with Crippen molar-refractivity contribution < 1.29 is 9.84 Å². The summed E-state index contributed by atoms with van der Waals surface area (Å²) in [7, 11) is 0. The standard InChI is InChI=1S/C15H24N2O2/c1-2-16(7-10-18)13-14-5-3-4-6-15(14)17-8-11-19-12-9-17/h3-6,18H,2,7-13H2,1H3. The Bertz CT molecular complexity index is 378. The monoisotopic (exact) mass is 264 g/mol. The minimum atomic E-state index is 0.216. The molecule has 0 aliphatic carbocycles. The molecule has 0 spiro atoms.